The summed E-state index contributed by atoms with van der Waals surface area (Å²) in [5.74, 6) is -3.99. The Bertz CT molecular complexity index is 380. The summed E-state index contributed by atoms with van der Waals surface area (Å²) in [5.41, 5.74) is -0.584. The molecule has 0 saturated heterocycles. The third-order valence-corrected chi connectivity index (χ3v) is 3.04. The molecule has 0 bridgehead atoms. The van der Waals surface area contributed by atoms with E-state index in [1.54, 1.807) is 0 Å². The van der Waals surface area contributed by atoms with Crippen LogP contribution >= 0.6 is 0 Å². The molecule has 1 aliphatic carbocycles. The van der Waals surface area contributed by atoms with Crippen LogP contribution in [-0.4, -0.2) is 11.6 Å². The molecule has 0 saturated carbocycles. The van der Waals surface area contributed by atoms with Crippen LogP contribution in [0.4, 0.5) is 8.78 Å². The Morgan fingerprint density at radius 1 is 0.778 bits per heavy atom. The zero-order chi connectivity index (χ0) is 13.7. The van der Waals surface area contributed by atoms with Gasteiger partial charge < -0.3 is 0 Å². The molecule has 1 rings (SSSR count). The van der Waals surface area contributed by atoms with Crippen LogP contribution in [-0.2, 0) is 9.59 Å². The monoisotopic (exact) mass is 256 g/mol. The second-order valence-electron chi connectivity index (χ2n) is 4.45. The van der Waals surface area contributed by atoms with Crippen molar-refractivity contribution in [3.63, 3.8) is 0 Å². The molecule has 0 spiro atoms. The summed E-state index contributed by atoms with van der Waals surface area (Å²) in [7, 11) is 0. The van der Waals surface area contributed by atoms with Gasteiger partial charge in [-0.1, -0.05) is 26.7 Å². The zero-order valence-electron chi connectivity index (χ0n) is 10.8. The van der Waals surface area contributed by atoms with Crippen LogP contribution in [0.15, 0.2) is 22.8 Å². The van der Waals surface area contributed by atoms with Crippen LogP contribution in [0.3, 0.4) is 0 Å². The van der Waals surface area contributed by atoms with E-state index in [1.165, 1.54) is 0 Å². The minimum Gasteiger partial charge on any atom is -0.285 e. The lowest BCUT2D eigenvalue weighted by Crippen LogP contribution is -2.24. The van der Waals surface area contributed by atoms with E-state index in [1.807, 2.05) is 13.8 Å². The fraction of sp³-hybridized carbons (Fsp3) is 0.571. The summed E-state index contributed by atoms with van der Waals surface area (Å²) in [6.07, 6.45) is 2.90. The molecule has 0 N–H and O–H groups in total. The lowest BCUT2D eigenvalue weighted by atomic mass is 9.88. The molecule has 0 aliphatic heterocycles. The van der Waals surface area contributed by atoms with Gasteiger partial charge in [0.1, 0.15) is 0 Å². The summed E-state index contributed by atoms with van der Waals surface area (Å²) in [6.45, 7) is 3.76. The highest BCUT2D eigenvalue weighted by Gasteiger charge is 2.34. The fourth-order valence-electron chi connectivity index (χ4n) is 1.89. The van der Waals surface area contributed by atoms with Crippen molar-refractivity contribution in [2.45, 2.75) is 52.4 Å². The van der Waals surface area contributed by atoms with Crippen LogP contribution < -0.4 is 0 Å². The number of hydrogen-bond acceptors (Lipinski definition) is 2. The Balaban J connectivity index is 3.06. The Kier molecular flexibility index (Phi) is 5.38. The van der Waals surface area contributed by atoms with Gasteiger partial charge in [0.25, 0.3) is 0 Å². The third kappa shape index (κ3) is 2.92. The molecule has 0 fully saturated rings. The van der Waals surface area contributed by atoms with Crippen LogP contribution in [0.25, 0.3) is 0 Å². The molecule has 0 heterocycles. The smallest absolute Gasteiger partial charge is 0.232 e. The topological polar surface area (TPSA) is 34.1 Å². The summed E-state index contributed by atoms with van der Waals surface area (Å²) in [5, 5.41) is 0. The number of ketones is 2. The van der Waals surface area contributed by atoms with E-state index in [4.69, 9.17) is 0 Å². The quantitative estimate of drug-likeness (QED) is 0.532. The van der Waals surface area contributed by atoms with Crippen molar-refractivity contribution >= 4 is 11.6 Å². The van der Waals surface area contributed by atoms with E-state index in [2.05, 4.69) is 0 Å². The minimum atomic E-state index is -1.13. The maximum absolute atomic E-state index is 13.7. The number of carbonyl (C=O) groups excluding carboxylic acids is 2. The van der Waals surface area contributed by atoms with E-state index < -0.39 is 23.2 Å². The van der Waals surface area contributed by atoms with Gasteiger partial charge in [-0.3, -0.25) is 9.59 Å². The zero-order valence-corrected chi connectivity index (χ0v) is 10.8. The Morgan fingerprint density at radius 2 is 1.11 bits per heavy atom. The molecule has 0 aromatic rings. The molecule has 0 amide bonds. The molecule has 0 aromatic heterocycles. The molecule has 2 nitrogen and oxygen atoms in total. The van der Waals surface area contributed by atoms with Crippen molar-refractivity contribution in [1.82, 2.24) is 0 Å². The molecule has 0 aromatic carbocycles. The first-order valence-electron chi connectivity index (χ1n) is 6.41. The van der Waals surface area contributed by atoms with Gasteiger partial charge in [-0.25, -0.2) is 8.78 Å². The summed E-state index contributed by atoms with van der Waals surface area (Å²) in [6, 6.07) is 0. The summed E-state index contributed by atoms with van der Waals surface area (Å²) in [4.78, 5) is 23.4. The van der Waals surface area contributed by atoms with Gasteiger partial charge in [0.05, 0.1) is 0 Å². The van der Waals surface area contributed by atoms with Crippen LogP contribution in [0, 0.1) is 0 Å². The van der Waals surface area contributed by atoms with Crippen molar-refractivity contribution in [1.29, 1.82) is 0 Å². The van der Waals surface area contributed by atoms with Crippen molar-refractivity contribution in [2.24, 2.45) is 0 Å². The van der Waals surface area contributed by atoms with Crippen molar-refractivity contribution < 1.29 is 18.4 Å². The predicted octanol–water partition coefficient (Wildman–Crippen LogP) is 3.97. The largest absolute Gasteiger partial charge is 0.285 e. The van der Waals surface area contributed by atoms with Gasteiger partial charge in [-0.15, -0.1) is 0 Å². The third-order valence-electron chi connectivity index (χ3n) is 3.04. The molecule has 0 unspecified atom stereocenters. The molecule has 0 radical (unpaired) electrons. The number of allylic oxidation sites excluding steroid dienone is 4. The van der Waals surface area contributed by atoms with E-state index in [0.717, 1.165) is 12.8 Å². The first-order chi connectivity index (χ1) is 8.54. The van der Waals surface area contributed by atoms with E-state index in [-0.39, 0.29) is 24.0 Å². The van der Waals surface area contributed by atoms with Gasteiger partial charge in [0.2, 0.25) is 11.6 Å². The number of unbranched alkanes of at least 4 members (excludes halogenated alkanes) is 2. The molecular weight excluding hydrogens is 238 g/mol. The standard InChI is InChI=1S/C14H18F2O2/c1-3-5-7-9-11(15)12(16)10(8-6-4-2)14(18)13(9)17/h3-8H2,1-2H3. The van der Waals surface area contributed by atoms with Crippen LogP contribution in [0.1, 0.15) is 52.4 Å². The van der Waals surface area contributed by atoms with Crippen molar-refractivity contribution in [2.75, 3.05) is 0 Å². The Hall–Kier alpha value is -1.32. The highest BCUT2D eigenvalue weighted by atomic mass is 19.2. The van der Waals surface area contributed by atoms with Gasteiger partial charge in [0.15, 0.2) is 11.7 Å². The normalized spacial score (nSPS) is 16.9. The van der Waals surface area contributed by atoms with E-state index >= 15 is 0 Å². The molecule has 4 heteroatoms. The first-order valence-corrected chi connectivity index (χ1v) is 6.41. The Labute approximate surface area is 106 Å². The van der Waals surface area contributed by atoms with Crippen LogP contribution in [0.5, 0.6) is 0 Å². The van der Waals surface area contributed by atoms with Gasteiger partial charge in [-0.05, 0) is 25.7 Å². The molecule has 1 aliphatic rings. The number of halogens is 2. The van der Waals surface area contributed by atoms with Gasteiger partial charge >= 0.3 is 0 Å². The SMILES string of the molecule is CCCCC1=C(F)C(F)=C(CCCC)C(=O)C1=O. The van der Waals surface area contributed by atoms with Crippen molar-refractivity contribution in [3.05, 3.63) is 22.8 Å². The summed E-state index contributed by atoms with van der Waals surface area (Å²) >= 11 is 0. The highest BCUT2D eigenvalue weighted by molar-refractivity contribution is 6.50. The van der Waals surface area contributed by atoms with Gasteiger partial charge in [0, 0.05) is 11.1 Å². The maximum Gasteiger partial charge on any atom is 0.232 e. The van der Waals surface area contributed by atoms with Crippen LogP contribution in [0.2, 0.25) is 0 Å². The number of carbonyl (C=O) groups is 2. The van der Waals surface area contributed by atoms with E-state index in [0.29, 0.717) is 12.8 Å². The lowest BCUT2D eigenvalue weighted by molar-refractivity contribution is -0.132. The number of hydrogen-bond donors (Lipinski definition) is 0. The van der Waals surface area contributed by atoms with Gasteiger partial charge in [-0.2, -0.15) is 0 Å². The first kappa shape index (κ1) is 14.7. The Morgan fingerprint density at radius 3 is 1.39 bits per heavy atom. The maximum atomic E-state index is 13.7. The minimum absolute atomic E-state index is 0.126. The fourth-order valence-corrected chi connectivity index (χ4v) is 1.89. The predicted molar refractivity (Wildman–Crippen MR) is 65.3 cm³/mol. The summed E-state index contributed by atoms with van der Waals surface area (Å²) < 4.78 is 27.5. The second kappa shape index (κ2) is 6.57. The average Bonchev–Trinajstić information content (AvgIpc) is 2.37. The molecule has 100 valence electrons. The van der Waals surface area contributed by atoms with Crippen molar-refractivity contribution in [3.8, 4) is 0 Å². The number of Topliss-reactive ketones (excluding diaryl/α,β-unsaturated/α-hetero) is 2. The molecule has 18 heavy (non-hydrogen) atoms. The highest BCUT2D eigenvalue weighted by Crippen LogP contribution is 2.32. The molecular formula is C14H18F2O2. The number of rotatable bonds is 6. The van der Waals surface area contributed by atoms with E-state index in [9.17, 15) is 18.4 Å². The second-order valence-corrected chi connectivity index (χ2v) is 4.45. The molecule has 0 atom stereocenters. The lowest BCUT2D eigenvalue weighted by Gasteiger charge is -2.15. The average molecular weight is 256 g/mol.